The molecule has 0 fully saturated rings. The summed E-state index contributed by atoms with van der Waals surface area (Å²) in [6.07, 6.45) is 0. The van der Waals surface area contributed by atoms with E-state index in [1.807, 2.05) is 0 Å². The van der Waals surface area contributed by atoms with E-state index in [0.717, 1.165) is 0 Å². The Morgan fingerprint density at radius 2 is 1.62 bits per heavy atom. The zero-order valence-electron chi connectivity index (χ0n) is 11.1. The van der Waals surface area contributed by atoms with Crippen LogP contribution in [0.3, 0.4) is 0 Å². The molecule has 0 aliphatic carbocycles. The van der Waals surface area contributed by atoms with Crippen molar-refractivity contribution in [2.45, 2.75) is 6.92 Å². The SMILES string of the molecule is CC(=O)Nc1ccc(C(=O)Nc2ccc(Cl)cc2Cl)cc1. The van der Waals surface area contributed by atoms with Crippen molar-refractivity contribution in [3.8, 4) is 0 Å². The number of anilines is 2. The predicted octanol–water partition coefficient (Wildman–Crippen LogP) is 4.20. The van der Waals surface area contributed by atoms with Gasteiger partial charge < -0.3 is 10.6 Å². The van der Waals surface area contributed by atoms with Crippen LogP contribution < -0.4 is 10.6 Å². The van der Waals surface area contributed by atoms with Gasteiger partial charge >= 0.3 is 0 Å². The third-order valence-corrected chi connectivity index (χ3v) is 3.19. The molecule has 0 radical (unpaired) electrons. The normalized spacial score (nSPS) is 10.0. The largest absolute Gasteiger partial charge is 0.326 e. The van der Waals surface area contributed by atoms with Crippen molar-refractivity contribution in [1.29, 1.82) is 0 Å². The average molecular weight is 323 g/mol. The molecule has 0 aliphatic rings. The summed E-state index contributed by atoms with van der Waals surface area (Å²) < 4.78 is 0. The first-order chi connectivity index (χ1) is 9.95. The molecule has 0 atom stereocenters. The topological polar surface area (TPSA) is 58.2 Å². The molecular weight excluding hydrogens is 311 g/mol. The van der Waals surface area contributed by atoms with E-state index in [4.69, 9.17) is 23.2 Å². The predicted molar refractivity (Wildman–Crippen MR) is 85.2 cm³/mol. The number of amides is 2. The van der Waals surface area contributed by atoms with E-state index in [2.05, 4.69) is 10.6 Å². The van der Waals surface area contributed by atoms with Gasteiger partial charge in [0.2, 0.25) is 5.91 Å². The lowest BCUT2D eigenvalue weighted by atomic mass is 10.2. The molecule has 2 aromatic rings. The molecule has 4 nitrogen and oxygen atoms in total. The summed E-state index contributed by atoms with van der Waals surface area (Å²) in [6, 6.07) is 11.4. The van der Waals surface area contributed by atoms with Gasteiger partial charge in [-0.3, -0.25) is 9.59 Å². The summed E-state index contributed by atoms with van der Waals surface area (Å²) in [4.78, 5) is 23.0. The van der Waals surface area contributed by atoms with Crippen molar-refractivity contribution in [1.82, 2.24) is 0 Å². The number of carbonyl (C=O) groups excluding carboxylic acids is 2. The summed E-state index contributed by atoms with van der Waals surface area (Å²) in [7, 11) is 0. The number of hydrogen-bond donors (Lipinski definition) is 2. The Morgan fingerprint density at radius 3 is 2.19 bits per heavy atom. The van der Waals surface area contributed by atoms with Crippen LogP contribution >= 0.6 is 23.2 Å². The molecule has 0 saturated carbocycles. The summed E-state index contributed by atoms with van der Waals surface area (Å²) in [6.45, 7) is 1.42. The van der Waals surface area contributed by atoms with Crippen molar-refractivity contribution < 1.29 is 9.59 Å². The summed E-state index contributed by atoms with van der Waals surface area (Å²) in [5.74, 6) is -0.464. The molecule has 0 unspecified atom stereocenters. The minimum Gasteiger partial charge on any atom is -0.326 e. The van der Waals surface area contributed by atoms with Crippen LogP contribution in [0, 0.1) is 0 Å². The van der Waals surface area contributed by atoms with Crippen LogP contribution in [0.2, 0.25) is 10.0 Å². The highest BCUT2D eigenvalue weighted by molar-refractivity contribution is 6.36. The molecule has 2 rings (SSSR count). The molecule has 108 valence electrons. The Hall–Kier alpha value is -2.04. The molecule has 0 aliphatic heterocycles. The fourth-order valence-corrected chi connectivity index (χ4v) is 2.15. The average Bonchev–Trinajstić information content (AvgIpc) is 2.42. The van der Waals surface area contributed by atoms with Crippen molar-refractivity contribution >= 4 is 46.4 Å². The van der Waals surface area contributed by atoms with Gasteiger partial charge in [0.1, 0.15) is 0 Å². The molecular formula is C15H12Cl2N2O2. The van der Waals surface area contributed by atoms with Crippen molar-refractivity contribution in [2.24, 2.45) is 0 Å². The molecule has 2 aromatic carbocycles. The number of rotatable bonds is 3. The Morgan fingerprint density at radius 1 is 0.952 bits per heavy atom. The van der Waals surface area contributed by atoms with Crippen LogP contribution in [0.15, 0.2) is 42.5 Å². The van der Waals surface area contributed by atoms with Gasteiger partial charge in [0, 0.05) is 23.2 Å². The molecule has 6 heteroatoms. The Balaban J connectivity index is 2.11. The molecule has 0 saturated heterocycles. The summed E-state index contributed by atoms with van der Waals surface area (Å²) >= 11 is 11.8. The molecule has 0 heterocycles. The second-order valence-electron chi connectivity index (χ2n) is 4.34. The first-order valence-electron chi connectivity index (χ1n) is 6.10. The number of halogens is 2. The third kappa shape index (κ3) is 4.21. The summed E-state index contributed by atoms with van der Waals surface area (Å²) in [5, 5.41) is 6.19. The van der Waals surface area contributed by atoms with Gasteiger partial charge in [0.05, 0.1) is 10.7 Å². The van der Waals surface area contributed by atoms with Gasteiger partial charge in [-0.2, -0.15) is 0 Å². The monoisotopic (exact) mass is 322 g/mol. The van der Waals surface area contributed by atoms with E-state index in [-0.39, 0.29) is 11.8 Å². The van der Waals surface area contributed by atoms with E-state index < -0.39 is 0 Å². The standard InChI is InChI=1S/C15H12Cl2N2O2/c1-9(20)18-12-5-2-10(3-6-12)15(21)19-14-7-4-11(16)8-13(14)17/h2-8H,1H3,(H,18,20)(H,19,21). The van der Waals surface area contributed by atoms with E-state index >= 15 is 0 Å². The van der Waals surface area contributed by atoms with E-state index in [9.17, 15) is 9.59 Å². The Labute approximate surface area is 132 Å². The van der Waals surface area contributed by atoms with Gasteiger partial charge in [-0.25, -0.2) is 0 Å². The molecule has 2 amide bonds. The van der Waals surface area contributed by atoms with Crippen molar-refractivity contribution in [3.63, 3.8) is 0 Å². The van der Waals surface area contributed by atoms with E-state index in [0.29, 0.717) is 27.0 Å². The molecule has 2 N–H and O–H groups in total. The summed E-state index contributed by atoms with van der Waals surface area (Å²) in [5.41, 5.74) is 1.57. The first-order valence-corrected chi connectivity index (χ1v) is 6.85. The van der Waals surface area contributed by atoms with Gasteiger partial charge in [-0.1, -0.05) is 23.2 Å². The maximum absolute atomic E-state index is 12.1. The minimum atomic E-state index is -0.298. The quantitative estimate of drug-likeness (QED) is 0.889. The lowest BCUT2D eigenvalue weighted by Gasteiger charge is -2.08. The minimum absolute atomic E-state index is 0.167. The van der Waals surface area contributed by atoms with Crippen LogP contribution in [0.5, 0.6) is 0 Å². The number of carbonyl (C=O) groups is 2. The van der Waals surface area contributed by atoms with Crippen LogP contribution in [0.1, 0.15) is 17.3 Å². The number of nitrogens with one attached hydrogen (secondary N) is 2. The second-order valence-corrected chi connectivity index (χ2v) is 5.18. The van der Waals surface area contributed by atoms with Gasteiger partial charge in [-0.15, -0.1) is 0 Å². The van der Waals surface area contributed by atoms with Crippen LogP contribution in [0.4, 0.5) is 11.4 Å². The van der Waals surface area contributed by atoms with Gasteiger partial charge in [0.25, 0.3) is 5.91 Å². The second kappa shape index (κ2) is 6.61. The fourth-order valence-electron chi connectivity index (χ4n) is 1.69. The number of hydrogen-bond acceptors (Lipinski definition) is 2. The Kier molecular flexibility index (Phi) is 4.83. The lowest BCUT2D eigenvalue weighted by Crippen LogP contribution is -2.12. The lowest BCUT2D eigenvalue weighted by molar-refractivity contribution is -0.114. The van der Waals surface area contributed by atoms with Crippen molar-refractivity contribution in [3.05, 3.63) is 58.1 Å². The molecule has 0 spiro atoms. The highest BCUT2D eigenvalue weighted by Crippen LogP contribution is 2.25. The molecule has 0 aromatic heterocycles. The highest BCUT2D eigenvalue weighted by Gasteiger charge is 2.09. The highest BCUT2D eigenvalue weighted by atomic mass is 35.5. The Bertz CT molecular complexity index is 685. The van der Waals surface area contributed by atoms with E-state index in [1.54, 1.807) is 42.5 Å². The fraction of sp³-hybridized carbons (Fsp3) is 0.0667. The maximum Gasteiger partial charge on any atom is 0.255 e. The van der Waals surface area contributed by atoms with Crippen LogP contribution in [-0.2, 0) is 4.79 Å². The maximum atomic E-state index is 12.1. The smallest absolute Gasteiger partial charge is 0.255 e. The number of benzene rings is 2. The first kappa shape index (κ1) is 15.4. The van der Waals surface area contributed by atoms with E-state index in [1.165, 1.54) is 6.92 Å². The molecule has 21 heavy (non-hydrogen) atoms. The van der Waals surface area contributed by atoms with Crippen LogP contribution in [-0.4, -0.2) is 11.8 Å². The van der Waals surface area contributed by atoms with Crippen molar-refractivity contribution in [2.75, 3.05) is 10.6 Å². The van der Waals surface area contributed by atoms with Crippen LogP contribution in [0.25, 0.3) is 0 Å². The molecule has 0 bridgehead atoms. The van der Waals surface area contributed by atoms with Gasteiger partial charge in [-0.05, 0) is 42.5 Å². The third-order valence-electron chi connectivity index (χ3n) is 2.65. The zero-order valence-corrected chi connectivity index (χ0v) is 12.6. The van der Waals surface area contributed by atoms with Gasteiger partial charge in [0.15, 0.2) is 0 Å². The zero-order chi connectivity index (χ0) is 15.4.